The Morgan fingerprint density at radius 3 is 2.22 bits per heavy atom. The summed E-state index contributed by atoms with van der Waals surface area (Å²) in [7, 11) is 1.58. The van der Waals surface area contributed by atoms with Gasteiger partial charge in [0.25, 0.3) is 0 Å². The van der Waals surface area contributed by atoms with Crippen molar-refractivity contribution < 1.29 is 19.1 Å². The molecular formula is C26H28N2O4. The van der Waals surface area contributed by atoms with E-state index in [2.05, 4.69) is 16.7 Å². The number of Topliss-reactive ketones (excluding diaryl/α,β-unsaturated/α-hetero) is 1. The third-order valence-corrected chi connectivity index (χ3v) is 5.09. The zero-order chi connectivity index (χ0) is 23.1. The molecule has 0 aliphatic heterocycles. The predicted octanol–water partition coefficient (Wildman–Crippen LogP) is 6.13. The molecule has 0 radical (unpaired) electrons. The van der Waals surface area contributed by atoms with Crippen molar-refractivity contribution in [1.29, 1.82) is 0 Å². The Kier molecular flexibility index (Phi) is 7.49. The van der Waals surface area contributed by atoms with Crippen LogP contribution in [0, 0.1) is 13.8 Å². The van der Waals surface area contributed by atoms with Crippen LogP contribution in [-0.4, -0.2) is 18.9 Å². The minimum Gasteiger partial charge on any atom is -0.497 e. The standard InChI is InChI=1S/C26H28N2O4/c1-5-24(29)23-15-21(28-26(30)27-20-8-11-22(31-4)12-9-20)10-13-25(23)32-16-19-7-6-17(2)14-18(19)3/h6-15H,5,16H2,1-4H3,(H2,27,28,30). The molecule has 0 aliphatic carbocycles. The van der Waals surface area contributed by atoms with Crippen LogP contribution < -0.4 is 20.1 Å². The maximum absolute atomic E-state index is 12.5. The predicted molar refractivity (Wildman–Crippen MR) is 127 cm³/mol. The van der Waals surface area contributed by atoms with Crippen LogP contribution in [0.5, 0.6) is 11.5 Å². The van der Waals surface area contributed by atoms with Crippen molar-refractivity contribution in [3.05, 3.63) is 82.9 Å². The summed E-state index contributed by atoms with van der Waals surface area (Å²) >= 11 is 0. The van der Waals surface area contributed by atoms with E-state index in [9.17, 15) is 9.59 Å². The second-order valence-electron chi connectivity index (χ2n) is 7.51. The summed E-state index contributed by atoms with van der Waals surface area (Å²) in [6.45, 7) is 6.25. The molecule has 0 aliphatic rings. The van der Waals surface area contributed by atoms with Crippen LogP contribution in [-0.2, 0) is 6.61 Å². The molecule has 0 spiro atoms. The van der Waals surface area contributed by atoms with Crippen molar-refractivity contribution in [2.45, 2.75) is 33.8 Å². The molecule has 0 aromatic heterocycles. The molecule has 32 heavy (non-hydrogen) atoms. The van der Waals surface area contributed by atoms with Crippen LogP contribution >= 0.6 is 0 Å². The molecule has 0 saturated heterocycles. The molecule has 2 amide bonds. The van der Waals surface area contributed by atoms with Gasteiger partial charge in [0.05, 0.1) is 12.7 Å². The van der Waals surface area contributed by atoms with Gasteiger partial charge in [-0.25, -0.2) is 4.79 Å². The van der Waals surface area contributed by atoms with Gasteiger partial charge in [-0.05, 0) is 67.4 Å². The molecule has 166 valence electrons. The minimum absolute atomic E-state index is 0.0557. The number of anilines is 2. The second kappa shape index (κ2) is 10.5. The molecule has 6 heteroatoms. The molecule has 2 N–H and O–H groups in total. The van der Waals surface area contributed by atoms with E-state index in [1.165, 1.54) is 5.56 Å². The van der Waals surface area contributed by atoms with Crippen LogP contribution in [0.2, 0.25) is 0 Å². The fourth-order valence-corrected chi connectivity index (χ4v) is 3.27. The monoisotopic (exact) mass is 432 g/mol. The number of rotatable bonds is 8. The summed E-state index contributed by atoms with van der Waals surface area (Å²) in [4.78, 5) is 24.9. The van der Waals surface area contributed by atoms with Crippen molar-refractivity contribution in [2.75, 3.05) is 17.7 Å². The number of hydrogen-bond acceptors (Lipinski definition) is 4. The van der Waals surface area contributed by atoms with Crippen LogP contribution in [0.15, 0.2) is 60.7 Å². The Labute approximate surface area is 188 Å². The van der Waals surface area contributed by atoms with E-state index in [0.717, 1.165) is 11.1 Å². The van der Waals surface area contributed by atoms with E-state index < -0.39 is 6.03 Å². The fraction of sp³-hybridized carbons (Fsp3) is 0.231. The van der Waals surface area contributed by atoms with E-state index >= 15 is 0 Å². The van der Waals surface area contributed by atoms with Crippen LogP contribution in [0.25, 0.3) is 0 Å². The van der Waals surface area contributed by atoms with Crippen LogP contribution in [0.3, 0.4) is 0 Å². The van der Waals surface area contributed by atoms with E-state index in [-0.39, 0.29) is 5.78 Å². The highest BCUT2D eigenvalue weighted by atomic mass is 16.5. The molecule has 3 aromatic rings. The Hall–Kier alpha value is -3.80. The normalized spacial score (nSPS) is 10.4. The van der Waals surface area contributed by atoms with Crippen molar-refractivity contribution in [2.24, 2.45) is 0 Å². The summed E-state index contributed by atoms with van der Waals surface area (Å²) in [6, 6.07) is 17.9. The number of ketones is 1. The third kappa shape index (κ3) is 5.88. The maximum atomic E-state index is 12.5. The molecule has 0 bridgehead atoms. The SMILES string of the molecule is CCC(=O)c1cc(NC(=O)Nc2ccc(OC)cc2)ccc1OCc1ccc(C)cc1C. The number of nitrogens with one attached hydrogen (secondary N) is 2. The average molecular weight is 433 g/mol. The highest BCUT2D eigenvalue weighted by Gasteiger charge is 2.14. The Morgan fingerprint density at radius 2 is 1.56 bits per heavy atom. The first-order valence-corrected chi connectivity index (χ1v) is 10.5. The molecular weight excluding hydrogens is 404 g/mol. The Morgan fingerprint density at radius 1 is 0.875 bits per heavy atom. The lowest BCUT2D eigenvalue weighted by molar-refractivity contribution is 0.0983. The highest BCUT2D eigenvalue weighted by Crippen LogP contribution is 2.26. The molecule has 0 atom stereocenters. The van der Waals surface area contributed by atoms with Gasteiger partial charge in [0.1, 0.15) is 18.1 Å². The van der Waals surface area contributed by atoms with Crippen molar-refractivity contribution in [3.63, 3.8) is 0 Å². The number of benzene rings is 3. The largest absolute Gasteiger partial charge is 0.497 e. The van der Waals surface area contributed by atoms with Gasteiger partial charge >= 0.3 is 6.03 Å². The number of amides is 2. The van der Waals surface area contributed by atoms with E-state index in [0.29, 0.717) is 41.5 Å². The molecule has 0 heterocycles. The Bertz CT molecular complexity index is 1110. The number of methoxy groups -OCH3 is 1. The third-order valence-electron chi connectivity index (χ3n) is 5.09. The molecule has 0 unspecified atom stereocenters. The quantitative estimate of drug-likeness (QED) is 0.420. The topological polar surface area (TPSA) is 76.7 Å². The zero-order valence-corrected chi connectivity index (χ0v) is 18.8. The van der Waals surface area contributed by atoms with Gasteiger partial charge in [-0.2, -0.15) is 0 Å². The first-order chi connectivity index (χ1) is 15.4. The summed E-state index contributed by atoms with van der Waals surface area (Å²) in [5, 5.41) is 5.52. The number of ether oxygens (including phenoxy) is 2. The van der Waals surface area contributed by atoms with Gasteiger partial charge in [0, 0.05) is 17.8 Å². The first-order valence-electron chi connectivity index (χ1n) is 10.5. The van der Waals surface area contributed by atoms with Crippen LogP contribution in [0.4, 0.5) is 16.2 Å². The van der Waals surface area contributed by atoms with Crippen molar-refractivity contribution in [1.82, 2.24) is 0 Å². The smallest absolute Gasteiger partial charge is 0.323 e. The second-order valence-corrected chi connectivity index (χ2v) is 7.51. The number of carbonyl (C=O) groups excluding carboxylic acids is 2. The van der Waals surface area contributed by atoms with E-state index in [1.54, 1.807) is 56.5 Å². The number of hydrogen-bond donors (Lipinski definition) is 2. The molecule has 0 fully saturated rings. The lowest BCUT2D eigenvalue weighted by Gasteiger charge is -2.14. The van der Waals surface area contributed by atoms with Gasteiger partial charge in [-0.15, -0.1) is 0 Å². The van der Waals surface area contributed by atoms with Gasteiger partial charge in [0.15, 0.2) is 5.78 Å². The summed E-state index contributed by atoms with van der Waals surface area (Å²) in [5.41, 5.74) is 4.97. The first kappa shape index (κ1) is 22.9. The van der Waals surface area contributed by atoms with Crippen molar-refractivity contribution >= 4 is 23.2 Å². The van der Waals surface area contributed by atoms with Gasteiger partial charge in [-0.1, -0.05) is 30.7 Å². The molecule has 3 aromatic carbocycles. The summed E-state index contributed by atoms with van der Waals surface area (Å²) < 4.78 is 11.1. The Balaban J connectivity index is 1.72. The van der Waals surface area contributed by atoms with E-state index in [1.807, 2.05) is 26.0 Å². The molecule has 6 nitrogen and oxygen atoms in total. The van der Waals surface area contributed by atoms with Crippen molar-refractivity contribution in [3.8, 4) is 11.5 Å². The lowest BCUT2D eigenvalue weighted by atomic mass is 10.1. The van der Waals surface area contributed by atoms with Gasteiger partial charge in [0.2, 0.25) is 0 Å². The number of aryl methyl sites for hydroxylation is 2. The maximum Gasteiger partial charge on any atom is 0.323 e. The van der Waals surface area contributed by atoms with Gasteiger partial charge in [-0.3, -0.25) is 4.79 Å². The van der Waals surface area contributed by atoms with Crippen LogP contribution in [0.1, 0.15) is 40.4 Å². The van der Waals surface area contributed by atoms with E-state index in [4.69, 9.17) is 9.47 Å². The molecule has 0 saturated carbocycles. The number of carbonyl (C=O) groups is 2. The fourth-order valence-electron chi connectivity index (χ4n) is 3.27. The zero-order valence-electron chi connectivity index (χ0n) is 18.8. The summed E-state index contributed by atoms with van der Waals surface area (Å²) in [6.07, 6.45) is 0.335. The average Bonchev–Trinajstić information content (AvgIpc) is 2.79. The van der Waals surface area contributed by atoms with Gasteiger partial charge < -0.3 is 20.1 Å². The molecule has 3 rings (SSSR count). The minimum atomic E-state index is -0.408. The highest BCUT2D eigenvalue weighted by molar-refractivity contribution is 6.03. The number of urea groups is 1. The lowest BCUT2D eigenvalue weighted by Crippen LogP contribution is -2.19. The summed E-state index contributed by atoms with van der Waals surface area (Å²) in [5.74, 6) is 1.15.